The van der Waals surface area contributed by atoms with Crippen molar-refractivity contribution in [2.75, 3.05) is 6.61 Å². The summed E-state index contributed by atoms with van der Waals surface area (Å²) in [5, 5.41) is 0. The van der Waals surface area contributed by atoms with E-state index >= 15 is 0 Å². The molecule has 0 bridgehead atoms. The van der Waals surface area contributed by atoms with E-state index in [9.17, 15) is 0 Å². The molecule has 1 aromatic carbocycles. The number of para-hydroxylation sites is 1. The van der Waals surface area contributed by atoms with Crippen LogP contribution < -0.4 is 10.5 Å². The fraction of sp³-hybridized carbons (Fsp3) is 0.500. The molecule has 0 saturated carbocycles. The maximum atomic E-state index is 5.74. The molecule has 0 unspecified atom stereocenters. The highest BCUT2D eigenvalue weighted by Gasteiger charge is 2.15. The van der Waals surface area contributed by atoms with Crippen molar-refractivity contribution >= 4 is 0 Å². The van der Waals surface area contributed by atoms with Crippen LogP contribution in [-0.2, 0) is 12.8 Å². The molecule has 76 valence electrons. The van der Waals surface area contributed by atoms with Gasteiger partial charge in [0.15, 0.2) is 0 Å². The summed E-state index contributed by atoms with van der Waals surface area (Å²) in [6.45, 7) is 2.88. The van der Waals surface area contributed by atoms with Gasteiger partial charge in [-0.1, -0.05) is 18.2 Å². The molecule has 2 N–H and O–H groups in total. The first-order valence-electron chi connectivity index (χ1n) is 5.26. The molecule has 2 heteroatoms. The Morgan fingerprint density at radius 3 is 3.14 bits per heavy atom. The van der Waals surface area contributed by atoms with Gasteiger partial charge in [-0.05, 0) is 30.9 Å². The van der Waals surface area contributed by atoms with Gasteiger partial charge in [0.05, 0.1) is 6.61 Å². The molecule has 0 fully saturated rings. The monoisotopic (exact) mass is 191 g/mol. The van der Waals surface area contributed by atoms with Gasteiger partial charge in [0.1, 0.15) is 5.75 Å². The van der Waals surface area contributed by atoms with Crippen molar-refractivity contribution in [2.45, 2.75) is 32.2 Å². The standard InChI is InChI=1S/C12H17NO/c1-9(13)5-6-10-3-2-4-11-7-8-14-12(10)11/h2-4,9H,5-8,13H2,1H3/t9-/m1/s1. The largest absolute Gasteiger partial charge is 0.493 e. The van der Waals surface area contributed by atoms with E-state index in [2.05, 4.69) is 18.2 Å². The minimum atomic E-state index is 0.271. The van der Waals surface area contributed by atoms with Gasteiger partial charge >= 0.3 is 0 Å². The Hall–Kier alpha value is -1.02. The van der Waals surface area contributed by atoms with Gasteiger partial charge in [-0.2, -0.15) is 0 Å². The Morgan fingerprint density at radius 1 is 1.50 bits per heavy atom. The molecule has 0 amide bonds. The number of ether oxygens (including phenoxy) is 1. The van der Waals surface area contributed by atoms with Gasteiger partial charge < -0.3 is 10.5 Å². The molecule has 0 radical (unpaired) electrons. The van der Waals surface area contributed by atoms with Gasteiger partial charge in [-0.3, -0.25) is 0 Å². The van der Waals surface area contributed by atoms with E-state index in [-0.39, 0.29) is 6.04 Å². The summed E-state index contributed by atoms with van der Waals surface area (Å²) in [5.41, 5.74) is 8.42. The molecule has 1 aromatic rings. The molecular formula is C12H17NO. The van der Waals surface area contributed by atoms with Crippen LogP contribution in [0.1, 0.15) is 24.5 Å². The van der Waals surface area contributed by atoms with Gasteiger partial charge in [-0.25, -0.2) is 0 Å². The molecule has 1 atom stereocenters. The summed E-state index contributed by atoms with van der Waals surface area (Å²) < 4.78 is 5.62. The fourth-order valence-corrected chi connectivity index (χ4v) is 1.86. The van der Waals surface area contributed by atoms with Crippen LogP contribution in [0.4, 0.5) is 0 Å². The van der Waals surface area contributed by atoms with Gasteiger partial charge in [0.2, 0.25) is 0 Å². The van der Waals surface area contributed by atoms with E-state index in [0.29, 0.717) is 0 Å². The van der Waals surface area contributed by atoms with Crippen molar-refractivity contribution in [3.05, 3.63) is 29.3 Å². The third-order valence-electron chi connectivity index (χ3n) is 2.66. The smallest absolute Gasteiger partial charge is 0.125 e. The molecule has 1 aliphatic rings. The van der Waals surface area contributed by atoms with Crippen molar-refractivity contribution in [3.63, 3.8) is 0 Å². The van der Waals surface area contributed by atoms with E-state index in [1.165, 1.54) is 11.1 Å². The van der Waals surface area contributed by atoms with Crippen molar-refractivity contribution in [2.24, 2.45) is 5.73 Å². The van der Waals surface area contributed by atoms with Crippen LogP contribution in [0, 0.1) is 0 Å². The molecule has 2 rings (SSSR count). The highest BCUT2D eigenvalue weighted by Crippen LogP contribution is 2.30. The Morgan fingerprint density at radius 2 is 2.36 bits per heavy atom. The van der Waals surface area contributed by atoms with Gasteiger partial charge in [-0.15, -0.1) is 0 Å². The van der Waals surface area contributed by atoms with E-state index < -0.39 is 0 Å². The molecule has 0 aliphatic carbocycles. The summed E-state index contributed by atoms with van der Waals surface area (Å²) >= 11 is 0. The minimum Gasteiger partial charge on any atom is -0.493 e. The number of fused-ring (bicyclic) bond motifs is 1. The zero-order chi connectivity index (χ0) is 9.97. The molecule has 0 spiro atoms. The van der Waals surface area contributed by atoms with Crippen LogP contribution in [0.25, 0.3) is 0 Å². The predicted octanol–water partition coefficient (Wildman–Crippen LogP) is 1.90. The summed E-state index contributed by atoms with van der Waals surface area (Å²) in [4.78, 5) is 0. The first-order valence-corrected chi connectivity index (χ1v) is 5.26. The SMILES string of the molecule is C[C@@H](N)CCc1cccc2c1OCC2. The topological polar surface area (TPSA) is 35.2 Å². The van der Waals surface area contributed by atoms with Crippen molar-refractivity contribution < 1.29 is 4.74 Å². The van der Waals surface area contributed by atoms with Crippen molar-refractivity contribution in [1.82, 2.24) is 0 Å². The number of benzene rings is 1. The second-order valence-corrected chi connectivity index (χ2v) is 4.02. The maximum absolute atomic E-state index is 5.74. The molecular weight excluding hydrogens is 174 g/mol. The lowest BCUT2D eigenvalue weighted by atomic mass is 10.0. The van der Waals surface area contributed by atoms with Crippen LogP contribution in [0.3, 0.4) is 0 Å². The summed E-state index contributed by atoms with van der Waals surface area (Å²) in [7, 11) is 0. The second kappa shape index (κ2) is 4.01. The van der Waals surface area contributed by atoms with Crippen molar-refractivity contribution in [3.8, 4) is 5.75 Å². The summed E-state index contributed by atoms with van der Waals surface area (Å²) in [5.74, 6) is 1.12. The third-order valence-corrected chi connectivity index (χ3v) is 2.66. The van der Waals surface area contributed by atoms with Crippen LogP contribution in [0.5, 0.6) is 5.75 Å². The minimum absolute atomic E-state index is 0.271. The Balaban J connectivity index is 2.14. The lowest BCUT2D eigenvalue weighted by molar-refractivity contribution is 0.353. The van der Waals surface area contributed by atoms with E-state index in [0.717, 1.165) is 31.6 Å². The van der Waals surface area contributed by atoms with Crippen molar-refractivity contribution in [1.29, 1.82) is 0 Å². The lowest BCUT2D eigenvalue weighted by Gasteiger charge is -2.09. The number of aryl methyl sites for hydroxylation is 1. The van der Waals surface area contributed by atoms with Crippen LogP contribution in [0.15, 0.2) is 18.2 Å². The third kappa shape index (κ3) is 1.90. The van der Waals surface area contributed by atoms with Gasteiger partial charge in [0, 0.05) is 12.5 Å². The normalized spacial score (nSPS) is 16.1. The molecule has 14 heavy (non-hydrogen) atoms. The van der Waals surface area contributed by atoms with Gasteiger partial charge in [0.25, 0.3) is 0 Å². The Bertz CT molecular complexity index is 320. The van der Waals surface area contributed by atoms with Crippen LogP contribution in [-0.4, -0.2) is 12.6 Å². The Kier molecular flexibility index (Phi) is 2.73. The van der Waals surface area contributed by atoms with E-state index in [1.807, 2.05) is 6.92 Å². The van der Waals surface area contributed by atoms with Crippen LogP contribution >= 0.6 is 0 Å². The number of rotatable bonds is 3. The molecule has 0 aromatic heterocycles. The van der Waals surface area contributed by atoms with E-state index in [1.54, 1.807) is 0 Å². The zero-order valence-electron chi connectivity index (χ0n) is 8.62. The molecule has 2 nitrogen and oxygen atoms in total. The number of hydrogen-bond donors (Lipinski definition) is 1. The summed E-state index contributed by atoms with van der Waals surface area (Å²) in [6.07, 6.45) is 3.11. The van der Waals surface area contributed by atoms with Crippen LogP contribution in [0.2, 0.25) is 0 Å². The molecule has 1 heterocycles. The highest BCUT2D eigenvalue weighted by molar-refractivity contribution is 5.44. The zero-order valence-corrected chi connectivity index (χ0v) is 8.62. The average molecular weight is 191 g/mol. The average Bonchev–Trinajstić information content (AvgIpc) is 2.62. The lowest BCUT2D eigenvalue weighted by Crippen LogP contribution is -2.15. The summed E-state index contributed by atoms with van der Waals surface area (Å²) in [6, 6.07) is 6.68. The Labute approximate surface area is 85.1 Å². The molecule has 1 aliphatic heterocycles. The first kappa shape index (κ1) is 9.53. The first-order chi connectivity index (χ1) is 6.77. The quantitative estimate of drug-likeness (QED) is 0.792. The maximum Gasteiger partial charge on any atom is 0.125 e. The highest BCUT2D eigenvalue weighted by atomic mass is 16.5. The number of hydrogen-bond acceptors (Lipinski definition) is 2. The van der Waals surface area contributed by atoms with E-state index in [4.69, 9.17) is 10.5 Å². The molecule has 0 saturated heterocycles. The second-order valence-electron chi connectivity index (χ2n) is 4.02. The predicted molar refractivity (Wildman–Crippen MR) is 57.6 cm³/mol. The number of nitrogens with two attached hydrogens (primary N) is 1. The fourth-order valence-electron chi connectivity index (χ4n) is 1.86.